The first-order chi connectivity index (χ1) is 9.28. The van der Waals surface area contributed by atoms with E-state index in [0.29, 0.717) is 12.3 Å². The SMILES string of the molecule is CCc1ccsc1C(O)Cc1nc2ccccc2o1. The number of para-hydroxylation sites is 2. The van der Waals surface area contributed by atoms with Crippen molar-refractivity contribution in [1.82, 2.24) is 4.98 Å². The summed E-state index contributed by atoms with van der Waals surface area (Å²) in [6, 6.07) is 9.72. The predicted molar refractivity (Wildman–Crippen MR) is 76.4 cm³/mol. The van der Waals surface area contributed by atoms with Crippen LogP contribution in [0.3, 0.4) is 0 Å². The van der Waals surface area contributed by atoms with Crippen molar-refractivity contribution < 1.29 is 9.52 Å². The molecule has 1 N–H and O–H groups in total. The van der Waals surface area contributed by atoms with E-state index in [-0.39, 0.29) is 0 Å². The summed E-state index contributed by atoms with van der Waals surface area (Å²) >= 11 is 1.59. The van der Waals surface area contributed by atoms with E-state index in [1.807, 2.05) is 29.6 Å². The Morgan fingerprint density at radius 2 is 2.16 bits per heavy atom. The summed E-state index contributed by atoms with van der Waals surface area (Å²) in [6.45, 7) is 2.09. The van der Waals surface area contributed by atoms with Gasteiger partial charge in [0.2, 0.25) is 0 Å². The average molecular weight is 273 g/mol. The number of aliphatic hydroxyl groups excluding tert-OH is 1. The average Bonchev–Trinajstić information content (AvgIpc) is 3.03. The molecule has 2 heterocycles. The summed E-state index contributed by atoms with van der Waals surface area (Å²) in [5, 5.41) is 12.3. The van der Waals surface area contributed by atoms with Crippen LogP contribution in [-0.2, 0) is 12.8 Å². The van der Waals surface area contributed by atoms with Crippen molar-refractivity contribution in [3.63, 3.8) is 0 Å². The van der Waals surface area contributed by atoms with Crippen LogP contribution in [0.5, 0.6) is 0 Å². The van der Waals surface area contributed by atoms with Crippen LogP contribution in [0.15, 0.2) is 40.1 Å². The Morgan fingerprint density at radius 1 is 1.32 bits per heavy atom. The molecular weight excluding hydrogens is 258 g/mol. The fourth-order valence-corrected chi connectivity index (χ4v) is 3.18. The minimum atomic E-state index is -0.539. The first kappa shape index (κ1) is 12.4. The van der Waals surface area contributed by atoms with E-state index in [1.165, 1.54) is 5.56 Å². The monoisotopic (exact) mass is 273 g/mol. The quantitative estimate of drug-likeness (QED) is 0.788. The normalized spacial score (nSPS) is 12.9. The van der Waals surface area contributed by atoms with Crippen LogP contribution in [0.4, 0.5) is 0 Å². The number of benzene rings is 1. The number of hydrogen-bond donors (Lipinski definition) is 1. The van der Waals surface area contributed by atoms with Crippen LogP contribution in [-0.4, -0.2) is 10.1 Å². The lowest BCUT2D eigenvalue weighted by atomic mass is 10.1. The molecule has 0 fully saturated rings. The summed E-state index contributed by atoms with van der Waals surface area (Å²) in [5.41, 5.74) is 2.81. The number of nitrogens with zero attached hydrogens (tertiary/aromatic N) is 1. The van der Waals surface area contributed by atoms with Crippen molar-refractivity contribution in [1.29, 1.82) is 0 Å². The summed E-state index contributed by atoms with van der Waals surface area (Å²) in [5.74, 6) is 0.587. The topological polar surface area (TPSA) is 46.3 Å². The number of fused-ring (bicyclic) bond motifs is 1. The lowest BCUT2D eigenvalue weighted by molar-refractivity contribution is 0.172. The minimum Gasteiger partial charge on any atom is -0.441 e. The van der Waals surface area contributed by atoms with E-state index >= 15 is 0 Å². The van der Waals surface area contributed by atoms with Gasteiger partial charge < -0.3 is 9.52 Å². The van der Waals surface area contributed by atoms with Crippen LogP contribution in [0.1, 0.15) is 29.4 Å². The Balaban J connectivity index is 1.84. The molecule has 1 unspecified atom stereocenters. The van der Waals surface area contributed by atoms with Crippen molar-refractivity contribution in [3.8, 4) is 0 Å². The molecule has 19 heavy (non-hydrogen) atoms. The highest BCUT2D eigenvalue weighted by Crippen LogP contribution is 2.28. The van der Waals surface area contributed by atoms with Gasteiger partial charge in [0.05, 0.1) is 12.5 Å². The predicted octanol–water partition coefficient (Wildman–Crippen LogP) is 3.73. The summed E-state index contributed by atoms with van der Waals surface area (Å²) in [4.78, 5) is 5.41. The van der Waals surface area contributed by atoms with Gasteiger partial charge in [-0.25, -0.2) is 4.98 Å². The Morgan fingerprint density at radius 3 is 2.95 bits per heavy atom. The highest BCUT2D eigenvalue weighted by Gasteiger charge is 2.17. The molecule has 3 nitrogen and oxygen atoms in total. The van der Waals surface area contributed by atoms with Crippen molar-refractivity contribution in [2.75, 3.05) is 0 Å². The first-order valence-electron chi connectivity index (χ1n) is 6.36. The van der Waals surface area contributed by atoms with Crippen molar-refractivity contribution in [2.45, 2.75) is 25.9 Å². The molecule has 0 saturated carbocycles. The van der Waals surface area contributed by atoms with Crippen molar-refractivity contribution >= 4 is 22.4 Å². The molecule has 3 aromatic rings. The van der Waals surface area contributed by atoms with Gasteiger partial charge in [0.1, 0.15) is 5.52 Å². The molecule has 1 atom stereocenters. The largest absolute Gasteiger partial charge is 0.441 e. The van der Waals surface area contributed by atoms with E-state index in [4.69, 9.17) is 4.42 Å². The smallest absolute Gasteiger partial charge is 0.198 e. The number of aromatic nitrogens is 1. The lowest BCUT2D eigenvalue weighted by Crippen LogP contribution is -2.02. The maximum absolute atomic E-state index is 10.3. The van der Waals surface area contributed by atoms with Gasteiger partial charge in [-0.2, -0.15) is 0 Å². The van der Waals surface area contributed by atoms with Crippen molar-refractivity contribution in [3.05, 3.63) is 52.0 Å². The summed E-state index contributed by atoms with van der Waals surface area (Å²) in [6.07, 6.45) is 0.814. The zero-order valence-electron chi connectivity index (χ0n) is 10.7. The number of oxazole rings is 1. The number of thiophene rings is 1. The molecule has 0 saturated heterocycles. The Labute approximate surface area is 115 Å². The van der Waals surface area contributed by atoms with Gasteiger partial charge in [-0.3, -0.25) is 0 Å². The van der Waals surface area contributed by atoms with E-state index in [0.717, 1.165) is 22.4 Å². The zero-order valence-corrected chi connectivity index (χ0v) is 11.5. The van der Waals surface area contributed by atoms with Gasteiger partial charge >= 0.3 is 0 Å². The van der Waals surface area contributed by atoms with Crippen LogP contribution in [0.2, 0.25) is 0 Å². The maximum Gasteiger partial charge on any atom is 0.198 e. The van der Waals surface area contributed by atoms with Crippen molar-refractivity contribution in [2.24, 2.45) is 0 Å². The van der Waals surface area contributed by atoms with E-state index in [2.05, 4.69) is 18.0 Å². The van der Waals surface area contributed by atoms with Gasteiger partial charge in [0.15, 0.2) is 11.5 Å². The number of aliphatic hydroxyl groups is 1. The molecule has 1 aromatic carbocycles. The molecule has 0 radical (unpaired) electrons. The number of aryl methyl sites for hydroxylation is 1. The molecule has 0 bridgehead atoms. The minimum absolute atomic E-state index is 0.419. The molecule has 0 aliphatic carbocycles. The molecule has 0 aliphatic rings. The van der Waals surface area contributed by atoms with Crippen LogP contribution >= 0.6 is 11.3 Å². The molecule has 4 heteroatoms. The number of hydrogen-bond acceptors (Lipinski definition) is 4. The summed E-state index contributed by atoms with van der Waals surface area (Å²) < 4.78 is 5.64. The fourth-order valence-electron chi connectivity index (χ4n) is 2.20. The van der Waals surface area contributed by atoms with E-state index < -0.39 is 6.10 Å². The second-order valence-corrected chi connectivity index (χ2v) is 5.41. The number of rotatable bonds is 4. The lowest BCUT2D eigenvalue weighted by Gasteiger charge is -2.08. The van der Waals surface area contributed by atoms with Gasteiger partial charge in [0.25, 0.3) is 0 Å². The second-order valence-electron chi connectivity index (χ2n) is 4.46. The van der Waals surface area contributed by atoms with E-state index in [9.17, 15) is 5.11 Å². The van der Waals surface area contributed by atoms with Gasteiger partial charge in [-0.15, -0.1) is 11.3 Å². The summed E-state index contributed by atoms with van der Waals surface area (Å²) in [7, 11) is 0. The molecular formula is C15H15NO2S. The molecule has 0 amide bonds. The molecule has 2 aromatic heterocycles. The molecule has 3 rings (SSSR count). The van der Waals surface area contributed by atoms with Crippen LogP contribution < -0.4 is 0 Å². The first-order valence-corrected chi connectivity index (χ1v) is 7.24. The highest BCUT2D eigenvalue weighted by atomic mass is 32.1. The second kappa shape index (κ2) is 5.15. The Hall–Kier alpha value is -1.65. The maximum atomic E-state index is 10.3. The fraction of sp³-hybridized carbons (Fsp3) is 0.267. The zero-order chi connectivity index (χ0) is 13.2. The molecule has 98 valence electrons. The molecule has 0 aliphatic heterocycles. The van der Waals surface area contributed by atoms with Crippen LogP contribution in [0, 0.1) is 0 Å². The third-order valence-corrected chi connectivity index (χ3v) is 4.23. The standard InChI is InChI=1S/C15H15NO2S/c1-2-10-7-8-19-15(10)12(17)9-14-16-11-5-3-4-6-13(11)18-14/h3-8,12,17H,2,9H2,1H3. The molecule has 0 spiro atoms. The van der Waals surface area contributed by atoms with Gasteiger partial charge in [-0.1, -0.05) is 19.1 Å². The third-order valence-electron chi connectivity index (χ3n) is 3.17. The van der Waals surface area contributed by atoms with Gasteiger partial charge in [0, 0.05) is 4.88 Å². The van der Waals surface area contributed by atoms with Crippen LogP contribution in [0.25, 0.3) is 11.1 Å². The highest BCUT2D eigenvalue weighted by molar-refractivity contribution is 7.10. The Bertz CT molecular complexity index is 653. The van der Waals surface area contributed by atoms with E-state index in [1.54, 1.807) is 11.3 Å². The Kier molecular flexibility index (Phi) is 3.36. The third kappa shape index (κ3) is 2.41. The van der Waals surface area contributed by atoms with Gasteiger partial charge in [-0.05, 0) is 35.6 Å².